The van der Waals surface area contributed by atoms with E-state index in [1.807, 2.05) is 13.8 Å². The number of rotatable bonds is 5. The molecule has 0 heterocycles. The van der Waals surface area contributed by atoms with E-state index < -0.39 is 11.2 Å². The molecule has 2 N–H and O–H groups in total. The molecule has 0 bridgehead atoms. The van der Waals surface area contributed by atoms with Crippen LogP contribution in [0.25, 0.3) is 0 Å². The Morgan fingerprint density at radius 3 is 2.62 bits per heavy atom. The van der Waals surface area contributed by atoms with E-state index in [-0.39, 0.29) is 0 Å². The van der Waals surface area contributed by atoms with Crippen molar-refractivity contribution < 1.29 is 10.2 Å². The number of aliphatic hydroxyl groups is 2. The summed E-state index contributed by atoms with van der Waals surface area (Å²) in [7, 11) is 0. The Balaban J connectivity index is 1.48. The van der Waals surface area contributed by atoms with E-state index in [1.54, 1.807) is 11.6 Å². The topological polar surface area (TPSA) is 40.5 Å². The first-order valence-electron chi connectivity index (χ1n) is 12.3. The van der Waals surface area contributed by atoms with Crippen LogP contribution in [-0.4, -0.2) is 21.4 Å². The van der Waals surface area contributed by atoms with Crippen molar-refractivity contribution in [2.75, 3.05) is 0 Å². The van der Waals surface area contributed by atoms with Crippen LogP contribution in [-0.2, 0) is 0 Å². The van der Waals surface area contributed by atoms with Gasteiger partial charge in [-0.15, -0.1) is 6.58 Å². The largest absolute Gasteiger partial charge is 0.390 e. The van der Waals surface area contributed by atoms with Gasteiger partial charge in [-0.1, -0.05) is 31.6 Å². The van der Waals surface area contributed by atoms with Crippen LogP contribution in [0.2, 0.25) is 0 Å². The molecule has 29 heavy (non-hydrogen) atoms. The first kappa shape index (κ1) is 21.6. The third kappa shape index (κ3) is 3.67. The fourth-order valence-electron chi connectivity index (χ4n) is 8.20. The molecule has 0 aliphatic heterocycles. The second kappa shape index (κ2) is 7.23. The summed E-state index contributed by atoms with van der Waals surface area (Å²) in [5.41, 5.74) is 1.18. The van der Waals surface area contributed by atoms with Crippen molar-refractivity contribution in [3.05, 3.63) is 24.3 Å². The Labute approximate surface area is 178 Å². The van der Waals surface area contributed by atoms with Gasteiger partial charge in [0, 0.05) is 0 Å². The maximum Gasteiger partial charge on any atom is 0.0797 e. The first-order chi connectivity index (χ1) is 13.5. The highest BCUT2D eigenvalue weighted by Gasteiger charge is 2.58. The van der Waals surface area contributed by atoms with E-state index in [0.717, 1.165) is 55.8 Å². The van der Waals surface area contributed by atoms with Crippen molar-refractivity contribution in [2.24, 2.45) is 34.5 Å². The van der Waals surface area contributed by atoms with Crippen LogP contribution in [0, 0.1) is 34.5 Å². The molecule has 2 nitrogen and oxygen atoms in total. The number of allylic oxidation sites excluding steroid dienone is 1. The molecule has 3 saturated carbocycles. The van der Waals surface area contributed by atoms with Crippen LogP contribution in [0.5, 0.6) is 0 Å². The molecule has 2 heteroatoms. The highest BCUT2D eigenvalue weighted by Crippen LogP contribution is 2.67. The third-order valence-corrected chi connectivity index (χ3v) is 10.3. The summed E-state index contributed by atoms with van der Waals surface area (Å²) in [5, 5.41) is 20.9. The minimum Gasteiger partial charge on any atom is -0.390 e. The van der Waals surface area contributed by atoms with Gasteiger partial charge >= 0.3 is 0 Å². The highest BCUT2D eigenvalue weighted by molar-refractivity contribution is 5.26. The molecular formula is C27H44O2. The second-order valence-corrected chi connectivity index (χ2v) is 12.2. The van der Waals surface area contributed by atoms with E-state index >= 15 is 0 Å². The maximum absolute atomic E-state index is 10.6. The van der Waals surface area contributed by atoms with Crippen LogP contribution in [0.3, 0.4) is 0 Å². The molecular weight excluding hydrogens is 356 g/mol. The number of hydrogen-bond acceptors (Lipinski definition) is 2. The minimum atomic E-state index is -0.710. The van der Waals surface area contributed by atoms with Crippen molar-refractivity contribution in [2.45, 2.75) is 110 Å². The zero-order chi connectivity index (χ0) is 21.1. The molecule has 0 aromatic heterocycles. The van der Waals surface area contributed by atoms with Crippen molar-refractivity contribution >= 4 is 0 Å². The second-order valence-electron chi connectivity index (χ2n) is 12.2. The van der Waals surface area contributed by atoms with Crippen LogP contribution in [0.4, 0.5) is 0 Å². The van der Waals surface area contributed by atoms with Gasteiger partial charge in [0.25, 0.3) is 0 Å². The summed E-state index contributed by atoms with van der Waals surface area (Å²) in [6, 6.07) is 0. The predicted octanol–water partition coefficient (Wildman–Crippen LogP) is 6.42. The van der Waals surface area contributed by atoms with Gasteiger partial charge in [0.15, 0.2) is 0 Å². The zero-order valence-electron chi connectivity index (χ0n) is 19.3. The molecule has 3 fully saturated rings. The Morgan fingerprint density at radius 1 is 1.14 bits per heavy atom. The molecule has 1 unspecified atom stereocenters. The van der Waals surface area contributed by atoms with Gasteiger partial charge in [0.05, 0.1) is 11.2 Å². The number of fused-ring (bicyclic) bond motifs is 5. The van der Waals surface area contributed by atoms with Crippen molar-refractivity contribution in [1.82, 2.24) is 0 Å². The standard InChI is InChI=1S/C27H44O2/c1-6-24(2,28)14-7-8-19-10-12-22-21-11-9-20-18-25(3,29)16-17-27(20,5)23(21)13-15-26(19,22)4/h6,9,19,21-23,28-29H,1,7-8,10-18H2,2-5H3/t19-,21-,22-,23-,24?,25-,26+,27-/m0/s1. The summed E-state index contributed by atoms with van der Waals surface area (Å²) in [4.78, 5) is 0. The van der Waals surface area contributed by atoms with E-state index in [4.69, 9.17) is 0 Å². The Hall–Kier alpha value is -0.600. The molecule has 8 atom stereocenters. The van der Waals surface area contributed by atoms with E-state index in [9.17, 15) is 10.2 Å². The molecule has 0 radical (unpaired) electrons. The van der Waals surface area contributed by atoms with Gasteiger partial charge < -0.3 is 10.2 Å². The minimum absolute atomic E-state index is 0.327. The van der Waals surface area contributed by atoms with Gasteiger partial charge in [-0.3, -0.25) is 0 Å². The predicted molar refractivity (Wildman–Crippen MR) is 120 cm³/mol. The summed E-state index contributed by atoms with van der Waals surface area (Å²) >= 11 is 0. The van der Waals surface area contributed by atoms with Gasteiger partial charge in [-0.2, -0.15) is 0 Å². The van der Waals surface area contributed by atoms with Gasteiger partial charge in [-0.25, -0.2) is 0 Å². The molecule has 4 aliphatic carbocycles. The monoisotopic (exact) mass is 400 g/mol. The fourth-order valence-corrected chi connectivity index (χ4v) is 8.20. The Bertz CT molecular complexity index is 674. The molecule has 0 aromatic rings. The van der Waals surface area contributed by atoms with Gasteiger partial charge in [0.2, 0.25) is 0 Å². The van der Waals surface area contributed by atoms with E-state index in [2.05, 4.69) is 26.5 Å². The molecule has 4 rings (SSSR count). The highest BCUT2D eigenvalue weighted by atomic mass is 16.3. The Kier molecular flexibility index (Phi) is 5.39. The lowest BCUT2D eigenvalue weighted by Gasteiger charge is -2.59. The van der Waals surface area contributed by atoms with E-state index in [0.29, 0.717) is 10.8 Å². The Morgan fingerprint density at radius 2 is 1.90 bits per heavy atom. The van der Waals surface area contributed by atoms with Crippen LogP contribution >= 0.6 is 0 Å². The normalized spacial score (nSPS) is 48.7. The fraction of sp³-hybridized carbons (Fsp3) is 0.852. The molecule has 0 saturated heterocycles. The molecule has 0 spiro atoms. The maximum atomic E-state index is 10.6. The molecule has 0 aromatic carbocycles. The third-order valence-electron chi connectivity index (χ3n) is 10.3. The lowest BCUT2D eigenvalue weighted by atomic mass is 9.46. The van der Waals surface area contributed by atoms with Crippen molar-refractivity contribution in [3.63, 3.8) is 0 Å². The molecule has 164 valence electrons. The van der Waals surface area contributed by atoms with Crippen molar-refractivity contribution in [1.29, 1.82) is 0 Å². The average Bonchev–Trinajstić information content (AvgIpc) is 2.99. The molecule has 0 amide bonds. The van der Waals surface area contributed by atoms with Crippen molar-refractivity contribution in [3.8, 4) is 0 Å². The number of hydrogen-bond donors (Lipinski definition) is 2. The van der Waals surface area contributed by atoms with Gasteiger partial charge in [0.1, 0.15) is 0 Å². The summed E-state index contributed by atoms with van der Waals surface area (Å²) in [5.74, 6) is 3.34. The lowest BCUT2D eigenvalue weighted by molar-refractivity contribution is -0.0663. The summed E-state index contributed by atoms with van der Waals surface area (Å²) in [6.45, 7) is 12.8. The molecule has 4 aliphatic rings. The average molecular weight is 401 g/mol. The quantitative estimate of drug-likeness (QED) is 0.522. The van der Waals surface area contributed by atoms with Crippen LogP contribution < -0.4 is 0 Å². The van der Waals surface area contributed by atoms with Gasteiger partial charge in [-0.05, 0) is 119 Å². The summed E-state index contributed by atoms with van der Waals surface area (Å²) < 4.78 is 0. The smallest absolute Gasteiger partial charge is 0.0797 e. The SMILES string of the molecule is C=CC(C)(O)CCC[C@H]1CC[C@H]2[C@@H]3CC=C4C[C@@](C)(O)CC[C@]4(C)[C@H]3CC[C@]12C. The van der Waals surface area contributed by atoms with Crippen LogP contribution in [0.1, 0.15) is 98.3 Å². The lowest BCUT2D eigenvalue weighted by Crippen LogP contribution is -2.51. The van der Waals surface area contributed by atoms with Crippen LogP contribution in [0.15, 0.2) is 24.3 Å². The first-order valence-corrected chi connectivity index (χ1v) is 12.3. The zero-order valence-corrected chi connectivity index (χ0v) is 19.3. The van der Waals surface area contributed by atoms with E-state index in [1.165, 1.54) is 38.5 Å². The summed E-state index contributed by atoms with van der Waals surface area (Å²) in [6.07, 6.45) is 17.2.